The van der Waals surface area contributed by atoms with E-state index in [0.717, 1.165) is 0 Å². The van der Waals surface area contributed by atoms with E-state index in [1.807, 2.05) is 0 Å². The molecule has 1 unspecified atom stereocenters. The second kappa shape index (κ2) is 7.35. The third kappa shape index (κ3) is 5.37. The zero-order chi connectivity index (χ0) is 14.3. The predicted octanol–water partition coefficient (Wildman–Crippen LogP) is -3.02. The summed E-state index contributed by atoms with van der Waals surface area (Å²) in [5.41, 5.74) is 15.4. The predicted molar refractivity (Wildman–Crippen MR) is 59.8 cm³/mol. The van der Waals surface area contributed by atoms with Crippen LogP contribution in [-0.2, 0) is 19.2 Å². The Morgan fingerprint density at radius 3 is 2.17 bits per heavy atom. The highest BCUT2D eigenvalue weighted by molar-refractivity contribution is 6.00. The molecule has 0 aromatic rings. The van der Waals surface area contributed by atoms with E-state index in [4.69, 9.17) is 22.3 Å². The Bertz CT molecular complexity index is 357. The fraction of sp³-hybridized carbons (Fsp3) is 0.556. The number of amides is 3. The van der Waals surface area contributed by atoms with Crippen LogP contribution in [0.15, 0.2) is 0 Å². The summed E-state index contributed by atoms with van der Waals surface area (Å²) in [4.78, 5) is 44.5. The number of rotatable bonds is 7. The van der Waals surface area contributed by atoms with E-state index >= 15 is 0 Å². The van der Waals surface area contributed by atoms with Crippen molar-refractivity contribution in [1.82, 2.24) is 4.90 Å². The lowest BCUT2D eigenvalue weighted by atomic mass is 10.1. The highest BCUT2D eigenvalue weighted by Crippen LogP contribution is 2.01. The van der Waals surface area contributed by atoms with E-state index in [-0.39, 0.29) is 12.8 Å². The van der Waals surface area contributed by atoms with E-state index in [2.05, 4.69) is 0 Å². The maximum Gasteiger partial charge on any atom is 0.323 e. The van der Waals surface area contributed by atoms with Crippen molar-refractivity contribution in [1.29, 1.82) is 0 Å². The molecule has 0 saturated heterocycles. The zero-order valence-corrected chi connectivity index (χ0v) is 9.67. The van der Waals surface area contributed by atoms with E-state index in [1.54, 1.807) is 0 Å². The van der Waals surface area contributed by atoms with Crippen LogP contribution in [0.2, 0.25) is 0 Å². The molecule has 0 spiro atoms. The normalized spacial score (nSPS) is 11.7. The summed E-state index contributed by atoms with van der Waals surface area (Å²) in [5.74, 6) is -3.76. The Morgan fingerprint density at radius 1 is 1.22 bits per heavy atom. The minimum Gasteiger partial charge on any atom is -0.480 e. The molecule has 7 N–H and O–H groups in total. The first-order valence-corrected chi connectivity index (χ1v) is 5.09. The summed E-state index contributed by atoms with van der Waals surface area (Å²) in [6.45, 7) is -1.33. The summed E-state index contributed by atoms with van der Waals surface area (Å²) < 4.78 is 0. The first-order chi connectivity index (χ1) is 8.29. The number of nitrogens with zero attached hydrogens (tertiary/aromatic N) is 1. The lowest BCUT2D eigenvalue weighted by Gasteiger charge is -2.21. The molecule has 102 valence electrons. The van der Waals surface area contributed by atoms with Gasteiger partial charge in [0.05, 0.1) is 12.6 Å². The number of hydrogen-bond donors (Lipinski definition) is 4. The molecule has 0 aromatic heterocycles. The van der Waals surface area contributed by atoms with Crippen LogP contribution in [0.25, 0.3) is 0 Å². The van der Waals surface area contributed by atoms with Crippen molar-refractivity contribution in [3.05, 3.63) is 0 Å². The van der Waals surface area contributed by atoms with Crippen molar-refractivity contribution < 1.29 is 24.3 Å². The van der Waals surface area contributed by atoms with E-state index in [9.17, 15) is 19.2 Å². The molecule has 0 aliphatic carbocycles. The molecule has 0 heterocycles. The number of hydrogen-bond acceptors (Lipinski definition) is 6. The fourth-order valence-electron chi connectivity index (χ4n) is 1.16. The number of aliphatic carboxylic acids is 1. The largest absolute Gasteiger partial charge is 0.480 e. The van der Waals surface area contributed by atoms with Crippen LogP contribution in [0.1, 0.15) is 12.8 Å². The second-order valence-electron chi connectivity index (χ2n) is 3.53. The van der Waals surface area contributed by atoms with Crippen LogP contribution in [0.5, 0.6) is 0 Å². The molecule has 0 aliphatic rings. The molecule has 0 fully saturated rings. The Labute approximate surface area is 103 Å². The van der Waals surface area contributed by atoms with Crippen molar-refractivity contribution in [2.24, 2.45) is 17.2 Å². The number of nitrogens with two attached hydrogens (primary N) is 3. The first-order valence-electron chi connectivity index (χ1n) is 5.09. The molecule has 0 radical (unpaired) electrons. The summed E-state index contributed by atoms with van der Waals surface area (Å²) in [5, 5.41) is 8.58. The Morgan fingerprint density at radius 2 is 1.78 bits per heavy atom. The average molecular weight is 260 g/mol. The third-order valence-electron chi connectivity index (χ3n) is 2.05. The molecule has 1 atom stereocenters. The molecular weight excluding hydrogens is 244 g/mol. The second-order valence-corrected chi connectivity index (χ2v) is 3.53. The van der Waals surface area contributed by atoms with Crippen molar-refractivity contribution in [2.45, 2.75) is 18.9 Å². The molecule has 0 aliphatic heterocycles. The van der Waals surface area contributed by atoms with E-state index in [0.29, 0.717) is 4.90 Å². The molecule has 3 amide bonds. The van der Waals surface area contributed by atoms with Crippen LogP contribution in [0, 0.1) is 0 Å². The van der Waals surface area contributed by atoms with Gasteiger partial charge in [-0.15, -0.1) is 0 Å². The molecule has 0 rings (SSSR count). The summed E-state index contributed by atoms with van der Waals surface area (Å²) >= 11 is 0. The summed E-state index contributed by atoms with van der Waals surface area (Å²) in [6, 6.07) is -1.17. The molecule has 9 nitrogen and oxygen atoms in total. The van der Waals surface area contributed by atoms with Gasteiger partial charge in [0.1, 0.15) is 6.54 Å². The lowest BCUT2D eigenvalue weighted by Crippen LogP contribution is -2.50. The topological polar surface area (TPSA) is 170 Å². The summed E-state index contributed by atoms with van der Waals surface area (Å²) in [7, 11) is 0. The van der Waals surface area contributed by atoms with Gasteiger partial charge in [0.25, 0.3) is 0 Å². The molecule has 18 heavy (non-hydrogen) atoms. The minimum atomic E-state index is -1.37. The maximum atomic E-state index is 11.7. The van der Waals surface area contributed by atoms with Crippen LogP contribution >= 0.6 is 0 Å². The molecule has 0 saturated carbocycles. The highest BCUT2D eigenvalue weighted by Gasteiger charge is 2.27. The van der Waals surface area contributed by atoms with Gasteiger partial charge in [-0.1, -0.05) is 0 Å². The van der Waals surface area contributed by atoms with Gasteiger partial charge in [0.15, 0.2) is 0 Å². The number of carbonyl (C=O) groups is 4. The molecule has 9 heteroatoms. The van der Waals surface area contributed by atoms with Gasteiger partial charge in [-0.2, -0.15) is 0 Å². The standard InChI is InChI=1S/C9H16N4O5/c10-3-7(15)13(4-8(16)17)9(18)5(11)1-2-6(12)14/h5H,1-4,10-11H2,(H2,12,14)(H,16,17). The van der Waals surface area contributed by atoms with Gasteiger partial charge >= 0.3 is 5.97 Å². The van der Waals surface area contributed by atoms with Crippen molar-refractivity contribution in [2.75, 3.05) is 13.1 Å². The SMILES string of the molecule is NCC(=O)N(CC(=O)O)C(=O)C(N)CCC(N)=O. The van der Waals surface area contributed by atoms with Crippen LogP contribution in [0.4, 0.5) is 0 Å². The minimum absolute atomic E-state index is 0.0673. The third-order valence-corrected chi connectivity index (χ3v) is 2.05. The first kappa shape index (κ1) is 16.0. The number of carboxylic acids is 1. The van der Waals surface area contributed by atoms with Gasteiger partial charge in [-0.3, -0.25) is 24.1 Å². The number of carboxylic acid groups (broad SMARTS) is 1. The summed E-state index contributed by atoms with van der Waals surface area (Å²) in [6.07, 6.45) is -0.202. The molecule has 0 aromatic carbocycles. The van der Waals surface area contributed by atoms with Crippen molar-refractivity contribution in [3.63, 3.8) is 0 Å². The average Bonchev–Trinajstić information content (AvgIpc) is 2.30. The van der Waals surface area contributed by atoms with Crippen molar-refractivity contribution in [3.8, 4) is 0 Å². The number of carbonyl (C=O) groups excluding carboxylic acids is 3. The zero-order valence-electron chi connectivity index (χ0n) is 9.67. The van der Waals surface area contributed by atoms with Gasteiger partial charge in [-0.05, 0) is 6.42 Å². The van der Waals surface area contributed by atoms with Gasteiger partial charge in [0.2, 0.25) is 17.7 Å². The molecule has 0 bridgehead atoms. The lowest BCUT2D eigenvalue weighted by molar-refractivity contribution is -0.152. The Hall–Kier alpha value is -2.00. The number of primary amides is 1. The van der Waals surface area contributed by atoms with Crippen molar-refractivity contribution >= 4 is 23.7 Å². The smallest absolute Gasteiger partial charge is 0.323 e. The van der Waals surface area contributed by atoms with Gasteiger partial charge in [0, 0.05) is 6.42 Å². The van der Waals surface area contributed by atoms with Crippen LogP contribution in [-0.4, -0.2) is 52.8 Å². The van der Waals surface area contributed by atoms with E-state index < -0.39 is 42.8 Å². The monoisotopic (exact) mass is 260 g/mol. The van der Waals surface area contributed by atoms with E-state index in [1.165, 1.54) is 0 Å². The fourth-order valence-corrected chi connectivity index (χ4v) is 1.16. The quantitative estimate of drug-likeness (QED) is 0.377. The van der Waals surface area contributed by atoms with Crippen LogP contribution < -0.4 is 17.2 Å². The van der Waals surface area contributed by atoms with Gasteiger partial charge < -0.3 is 22.3 Å². The Kier molecular flexibility index (Phi) is 6.53. The molecular formula is C9H16N4O5. The van der Waals surface area contributed by atoms with Gasteiger partial charge in [-0.25, -0.2) is 0 Å². The highest BCUT2D eigenvalue weighted by atomic mass is 16.4. The maximum absolute atomic E-state index is 11.7. The number of imide groups is 1. The Balaban J connectivity index is 4.68. The van der Waals surface area contributed by atoms with Crippen LogP contribution in [0.3, 0.4) is 0 Å².